The number of anilines is 1. The van der Waals surface area contributed by atoms with E-state index in [1.54, 1.807) is 23.0 Å². The van der Waals surface area contributed by atoms with E-state index < -0.39 is 0 Å². The normalized spacial score (nSPS) is 16.3. The summed E-state index contributed by atoms with van der Waals surface area (Å²) in [5.41, 5.74) is 3.95. The molecule has 0 saturated heterocycles. The van der Waals surface area contributed by atoms with Gasteiger partial charge in [-0.1, -0.05) is 12.1 Å². The number of hydrogen-bond donors (Lipinski definition) is 1. The maximum absolute atomic E-state index is 13.1. The van der Waals surface area contributed by atoms with Crippen LogP contribution in [0.25, 0.3) is 5.65 Å². The van der Waals surface area contributed by atoms with E-state index in [-0.39, 0.29) is 17.9 Å². The molecule has 0 radical (unpaired) electrons. The Morgan fingerprint density at radius 3 is 2.93 bits per heavy atom. The van der Waals surface area contributed by atoms with Crippen LogP contribution in [0.3, 0.4) is 0 Å². The number of carbonyl (C=O) groups excluding carboxylic acids is 2. The minimum Gasteiger partial charge on any atom is -0.330 e. The standard InChI is InChI=1S/C19H18BrN5O2/c1-11-14-4-3-5-16(22-12(2)26)15(14)6-7-24(11)19(27)17-8-18-21-9-13(20)10-25(18)23-17/h3-5,8-11H,6-7H2,1-2H3,(H,22,26). The van der Waals surface area contributed by atoms with Crippen LogP contribution in [0.15, 0.2) is 41.1 Å². The first-order valence-electron chi connectivity index (χ1n) is 8.65. The van der Waals surface area contributed by atoms with Crippen molar-refractivity contribution in [2.75, 3.05) is 11.9 Å². The summed E-state index contributed by atoms with van der Waals surface area (Å²) in [4.78, 5) is 30.6. The average molecular weight is 428 g/mol. The van der Waals surface area contributed by atoms with Crippen molar-refractivity contribution in [3.63, 3.8) is 0 Å². The van der Waals surface area contributed by atoms with Gasteiger partial charge in [-0.05, 0) is 46.5 Å². The summed E-state index contributed by atoms with van der Waals surface area (Å²) in [5.74, 6) is -0.224. The van der Waals surface area contributed by atoms with Gasteiger partial charge in [0.1, 0.15) is 0 Å². The summed E-state index contributed by atoms with van der Waals surface area (Å²) >= 11 is 3.36. The first-order chi connectivity index (χ1) is 12.9. The van der Waals surface area contributed by atoms with Crippen molar-refractivity contribution < 1.29 is 9.59 Å². The lowest BCUT2D eigenvalue weighted by molar-refractivity contribution is -0.114. The predicted molar refractivity (Wildman–Crippen MR) is 105 cm³/mol. The second kappa shape index (κ2) is 6.77. The van der Waals surface area contributed by atoms with Crippen LogP contribution in [0, 0.1) is 0 Å². The third-order valence-corrected chi connectivity index (χ3v) is 5.21. The summed E-state index contributed by atoms with van der Waals surface area (Å²) in [6.07, 6.45) is 4.13. The quantitative estimate of drug-likeness (QED) is 0.680. The topological polar surface area (TPSA) is 79.6 Å². The molecule has 3 aromatic rings. The zero-order valence-electron chi connectivity index (χ0n) is 14.9. The van der Waals surface area contributed by atoms with Crippen molar-refractivity contribution in [2.45, 2.75) is 26.3 Å². The van der Waals surface area contributed by atoms with Crippen molar-refractivity contribution in [3.8, 4) is 0 Å². The number of fused-ring (bicyclic) bond motifs is 2. The van der Waals surface area contributed by atoms with Crippen molar-refractivity contribution in [3.05, 3.63) is 58.0 Å². The highest BCUT2D eigenvalue weighted by molar-refractivity contribution is 9.10. The van der Waals surface area contributed by atoms with Gasteiger partial charge in [0.15, 0.2) is 11.3 Å². The highest BCUT2D eigenvalue weighted by atomic mass is 79.9. The van der Waals surface area contributed by atoms with Crippen LogP contribution in [-0.2, 0) is 11.2 Å². The third-order valence-electron chi connectivity index (χ3n) is 4.81. The Kier molecular flexibility index (Phi) is 4.43. The second-order valence-corrected chi connectivity index (χ2v) is 7.50. The maximum Gasteiger partial charge on any atom is 0.274 e. The van der Waals surface area contributed by atoms with Crippen LogP contribution in [0.2, 0.25) is 0 Å². The van der Waals surface area contributed by atoms with E-state index in [2.05, 4.69) is 31.3 Å². The molecular formula is C19H18BrN5O2. The number of benzene rings is 1. The van der Waals surface area contributed by atoms with Crippen LogP contribution in [0.1, 0.15) is 41.5 Å². The molecule has 0 saturated carbocycles. The fourth-order valence-electron chi connectivity index (χ4n) is 3.56. The number of halogens is 1. The highest BCUT2D eigenvalue weighted by Crippen LogP contribution is 2.34. The van der Waals surface area contributed by atoms with Crippen LogP contribution in [0.5, 0.6) is 0 Å². The SMILES string of the molecule is CC(=O)Nc1cccc2c1CCN(C(=O)c1cc3ncc(Br)cn3n1)C2C. The van der Waals surface area contributed by atoms with E-state index in [0.29, 0.717) is 24.3 Å². The lowest BCUT2D eigenvalue weighted by atomic mass is 9.91. The van der Waals surface area contributed by atoms with Gasteiger partial charge in [-0.15, -0.1) is 0 Å². The minimum atomic E-state index is -0.125. The summed E-state index contributed by atoms with van der Waals surface area (Å²) in [6, 6.07) is 7.40. The lowest BCUT2D eigenvalue weighted by Crippen LogP contribution is -2.39. The molecule has 7 nitrogen and oxygen atoms in total. The molecule has 1 N–H and O–H groups in total. The molecule has 1 unspecified atom stereocenters. The molecule has 1 aliphatic heterocycles. The molecule has 4 rings (SSSR count). The monoisotopic (exact) mass is 427 g/mol. The Bertz CT molecular complexity index is 1060. The number of amides is 2. The van der Waals surface area contributed by atoms with Gasteiger partial charge >= 0.3 is 0 Å². The summed E-state index contributed by atoms with van der Waals surface area (Å²) in [6.45, 7) is 4.06. The zero-order valence-corrected chi connectivity index (χ0v) is 16.5. The number of rotatable bonds is 2. The van der Waals surface area contributed by atoms with Gasteiger partial charge in [0.25, 0.3) is 5.91 Å². The van der Waals surface area contributed by atoms with E-state index in [4.69, 9.17) is 0 Å². The molecular weight excluding hydrogens is 410 g/mol. The molecule has 0 aliphatic carbocycles. The molecule has 2 aromatic heterocycles. The Balaban J connectivity index is 1.65. The fourth-order valence-corrected chi connectivity index (χ4v) is 3.86. The highest BCUT2D eigenvalue weighted by Gasteiger charge is 2.31. The van der Waals surface area contributed by atoms with Crippen molar-refractivity contribution in [1.29, 1.82) is 0 Å². The largest absolute Gasteiger partial charge is 0.330 e. The first-order valence-corrected chi connectivity index (χ1v) is 9.44. The molecule has 1 aliphatic rings. The average Bonchev–Trinajstić information content (AvgIpc) is 3.05. The second-order valence-electron chi connectivity index (χ2n) is 6.58. The Morgan fingerprint density at radius 1 is 1.33 bits per heavy atom. The Morgan fingerprint density at radius 2 is 2.15 bits per heavy atom. The maximum atomic E-state index is 13.1. The van der Waals surface area contributed by atoms with Crippen LogP contribution < -0.4 is 5.32 Å². The van der Waals surface area contributed by atoms with E-state index >= 15 is 0 Å². The predicted octanol–water partition coefficient (Wildman–Crippen LogP) is 3.21. The van der Waals surface area contributed by atoms with Crippen LogP contribution >= 0.6 is 15.9 Å². The van der Waals surface area contributed by atoms with Gasteiger partial charge in [0, 0.05) is 37.6 Å². The van der Waals surface area contributed by atoms with E-state index in [9.17, 15) is 9.59 Å². The number of carbonyl (C=O) groups is 2. The van der Waals surface area contributed by atoms with Gasteiger partial charge in [-0.3, -0.25) is 9.59 Å². The molecule has 27 heavy (non-hydrogen) atoms. The Labute approximate surface area is 164 Å². The van der Waals surface area contributed by atoms with Crippen molar-refractivity contribution >= 4 is 39.1 Å². The summed E-state index contributed by atoms with van der Waals surface area (Å²) < 4.78 is 2.39. The van der Waals surface area contributed by atoms with E-state index in [0.717, 1.165) is 21.3 Å². The number of nitrogens with one attached hydrogen (secondary N) is 1. The molecule has 1 atom stereocenters. The molecule has 3 heterocycles. The smallest absolute Gasteiger partial charge is 0.274 e. The molecule has 2 amide bonds. The van der Waals surface area contributed by atoms with Gasteiger partial charge < -0.3 is 10.2 Å². The van der Waals surface area contributed by atoms with Crippen LogP contribution in [-0.4, -0.2) is 37.9 Å². The third kappa shape index (κ3) is 3.21. The van der Waals surface area contributed by atoms with Gasteiger partial charge in [0.05, 0.1) is 10.5 Å². The van der Waals surface area contributed by atoms with Gasteiger partial charge in [0.2, 0.25) is 5.91 Å². The number of aromatic nitrogens is 3. The number of hydrogen-bond acceptors (Lipinski definition) is 4. The zero-order chi connectivity index (χ0) is 19.1. The molecule has 8 heteroatoms. The number of nitrogens with zero attached hydrogens (tertiary/aromatic N) is 4. The molecule has 138 valence electrons. The first kappa shape index (κ1) is 17.7. The summed E-state index contributed by atoms with van der Waals surface area (Å²) in [7, 11) is 0. The molecule has 0 spiro atoms. The van der Waals surface area contributed by atoms with E-state index in [1.807, 2.05) is 30.0 Å². The van der Waals surface area contributed by atoms with Gasteiger partial charge in [-0.25, -0.2) is 9.50 Å². The molecule has 1 aromatic carbocycles. The molecule has 0 bridgehead atoms. The van der Waals surface area contributed by atoms with E-state index in [1.165, 1.54) is 6.92 Å². The van der Waals surface area contributed by atoms with Crippen molar-refractivity contribution in [1.82, 2.24) is 19.5 Å². The Hall–Kier alpha value is -2.74. The van der Waals surface area contributed by atoms with Gasteiger partial charge in [-0.2, -0.15) is 5.10 Å². The van der Waals surface area contributed by atoms with Crippen molar-refractivity contribution in [2.24, 2.45) is 0 Å². The fraction of sp³-hybridized carbons (Fsp3) is 0.263. The minimum absolute atomic E-state index is 0.0991. The lowest BCUT2D eigenvalue weighted by Gasteiger charge is -2.35. The summed E-state index contributed by atoms with van der Waals surface area (Å²) in [5, 5.41) is 7.25. The van der Waals surface area contributed by atoms with Crippen LogP contribution in [0.4, 0.5) is 5.69 Å². The molecule has 0 fully saturated rings.